The van der Waals surface area contributed by atoms with Crippen molar-refractivity contribution in [1.29, 1.82) is 0 Å². The zero-order chi connectivity index (χ0) is 15.2. The zero-order valence-electron chi connectivity index (χ0n) is 12.9. The Hall–Kier alpha value is -1.84. The minimum atomic E-state index is -0.222. The third kappa shape index (κ3) is 4.06. The summed E-state index contributed by atoms with van der Waals surface area (Å²) < 4.78 is 0. The number of anilines is 1. The fraction of sp³-hybridized carbons (Fsp3) is 0.529. The molecule has 1 aromatic rings. The molecule has 4 nitrogen and oxygen atoms in total. The maximum absolute atomic E-state index is 12.2. The molecule has 0 aromatic heterocycles. The number of carbonyl (C=O) groups excluding carboxylic acids is 2. The molecule has 114 valence electrons. The molecule has 1 heterocycles. The maximum Gasteiger partial charge on any atom is 0.229 e. The Balaban J connectivity index is 1.90. The van der Waals surface area contributed by atoms with Gasteiger partial charge in [0.2, 0.25) is 11.8 Å². The Morgan fingerprint density at radius 1 is 1.29 bits per heavy atom. The van der Waals surface area contributed by atoms with E-state index >= 15 is 0 Å². The molecule has 1 fully saturated rings. The van der Waals surface area contributed by atoms with E-state index in [1.165, 1.54) is 5.56 Å². The first-order valence-electron chi connectivity index (χ1n) is 7.81. The van der Waals surface area contributed by atoms with Gasteiger partial charge in [-0.1, -0.05) is 32.4 Å². The van der Waals surface area contributed by atoms with Crippen molar-refractivity contribution in [2.45, 2.75) is 39.5 Å². The molecule has 0 aliphatic carbocycles. The van der Waals surface area contributed by atoms with Gasteiger partial charge in [-0.3, -0.25) is 9.59 Å². The van der Waals surface area contributed by atoms with Crippen molar-refractivity contribution in [2.24, 2.45) is 5.92 Å². The van der Waals surface area contributed by atoms with E-state index in [0.717, 1.165) is 31.5 Å². The van der Waals surface area contributed by atoms with Gasteiger partial charge in [0.05, 0.1) is 5.92 Å². The molecule has 1 unspecified atom stereocenters. The number of unbranched alkanes of at least 4 members (excludes halogenated alkanes) is 1. The Labute approximate surface area is 126 Å². The van der Waals surface area contributed by atoms with Crippen LogP contribution in [-0.2, 0) is 16.0 Å². The molecule has 1 N–H and O–H groups in total. The van der Waals surface area contributed by atoms with Gasteiger partial charge in [0, 0.05) is 25.2 Å². The summed E-state index contributed by atoms with van der Waals surface area (Å²) in [5.74, 6) is -0.170. The molecule has 2 rings (SSSR count). The van der Waals surface area contributed by atoms with E-state index in [0.29, 0.717) is 13.0 Å². The average Bonchev–Trinajstić information content (AvgIpc) is 2.87. The Bertz CT molecular complexity index is 496. The van der Waals surface area contributed by atoms with Crippen LogP contribution in [0.5, 0.6) is 0 Å². The van der Waals surface area contributed by atoms with Crippen LogP contribution in [0, 0.1) is 5.92 Å². The van der Waals surface area contributed by atoms with Crippen LogP contribution in [0.1, 0.15) is 38.7 Å². The largest absolute Gasteiger partial charge is 0.342 e. The number of carbonyl (C=O) groups is 2. The summed E-state index contributed by atoms with van der Waals surface area (Å²) in [6.07, 6.45) is 3.38. The number of hydrogen-bond acceptors (Lipinski definition) is 2. The third-order valence-corrected chi connectivity index (χ3v) is 4.00. The van der Waals surface area contributed by atoms with Crippen LogP contribution in [0.25, 0.3) is 0 Å². The van der Waals surface area contributed by atoms with E-state index in [-0.39, 0.29) is 17.7 Å². The lowest BCUT2D eigenvalue weighted by molar-refractivity contribution is -0.128. The second-order valence-electron chi connectivity index (χ2n) is 5.63. The Kier molecular flexibility index (Phi) is 5.37. The van der Waals surface area contributed by atoms with E-state index in [2.05, 4.69) is 19.2 Å². The van der Waals surface area contributed by atoms with Crippen LogP contribution < -0.4 is 5.32 Å². The van der Waals surface area contributed by atoms with Crippen molar-refractivity contribution in [2.75, 3.05) is 18.4 Å². The molecule has 0 saturated carbocycles. The summed E-state index contributed by atoms with van der Waals surface area (Å²) in [7, 11) is 0. The van der Waals surface area contributed by atoms with E-state index in [4.69, 9.17) is 0 Å². The number of nitrogens with zero attached hydrogens (tertiary/aromatic N) is 1. The first kappa shape index (κ1) is 15.5. The molecule has 2 amide bonds. The zero-order valence-corrected chi connectivity index (χ0v) is 12.9. The smallest absolute Gasteiger partial charge is 0.229 e. The van der Waals surface area contributed by atoms with Crippen LogP contribution in [0.4, 0.5) is 5.69 Å². The molecular weight excluding hydrogens is 264 g/mol. The standard InChI is InChI=1S/C17H24N2O2/c1-3-5-10-19-12-14(11-16(19)20)17(21)18-15-8-6-13(4-2)7-9-15/h6-9,14H,3-5,10-12H2,1-2H3,(H,18,21). The lowest BCUT2D eigenvalue weighted by Crippen LogP contribution is -2.29. The van der Waals surface area contributed by atoms with Gasteiger partial charge in [0.15, 0.2) is 0 Å². The van der Waals surface area contributed by atoms with Crippen molar-refractivity contribution in [3.8, 4) is 0 Å². The molecule has 0 bridgehead atoms. The summed E-state index contributed by atoms with van der Waals surface area (Å²) in [4.78, 5) is 25.9. The monoisotopic (exact) mass is 288 g/mol. The fourth-order valence-corrected chi connectivity index (χ4v) is 2.58. The molecule has 0 radical (unpaired) electrons. The van der Waals surface area contributed by atoms with Gasteiger partial charge < -0.3 is 10.2 Å². The SMILES string of the molecule is CCCCN1CC(C(=O)Nc2ccc(CC)cc2)CC1=O. The first-order valence-corrected chi connectivity index (χ1v) is 7.81. The van der Waals surface area contributed by atoms with E-state index in [1.807, 2.05) is 29.2 Å². The predicted molar refractivity (Wildman–Crippen MR) is 84.0 cm³/mol. The predicted octanol–water partition coefficient (Wildman–Crippen LogP) is 2.84. The van der Waals surface area contributed by atoms with Crippen molar-refractivity contribution in [1.82, 2.24) is 4.90 Å². The number of amides is 2. The minimum Gasteiger partial charge on any atom is -0.342 e. The number of likely N-dealkylation sites (tertiary alicyclic amines) is 1. The second-order valence-corrected chi connectivity index (χ2v) is 5.63. The first-order chi connectivity index (χ1) is 10.1. The minimum absolute atomic E-state index is 0.0494. The quantitative estimate of drug-likeness (QED) is 0.875. The van der Waals surface area contributed by atoms with Gasteiger partial charge >= 0.3 is 0 Å². The average molecular weight is 288 g/mol. The third-order valence-electron chi connectivity index (χ3n) is 4.00. The number of aryl methyl sites for hydroxylation is 1. The molecule has 1 aromatic carbocycles. The molecule has 1 saturated heterocycles. The molecule has 4 heteroatoms. The molecule has 21 heavy (non-hydrogen) atoms. The van der Waals surface area contributed by atoms with E-state index in [1.54, 1.807) is 0 Å². The van der Waals surface area contributed by atoms with Gasteiger partial charge in [-0.2, -0.15) is 0 Å². The number of rotatable bonds is 6. The number of hydrogen-bond donors (Lipinski definition) is 1. The Morgan fingerprint density at radius 3 is 2.62 bits per heavy atom. The number of nitrogens with one attached hydrogen (secondary N) is 1. The van der Waals surface area contributed by atoms with Crippen LogP contribution >= 0.6 is 0 Å². The second kappa shape index (κ2) is 7.25. The lowest BCUT2D eigenvalue weighted by Gasteiger charge is -2.16. The summed E-state index contributed by atoms with van der Waals surface area (Å²) in [5, 5.41) is 2.91. The molecule has 1 aliphatic rings. The van der Waals surface area contributed by atoms with Gasteiger partial charge in [-0.25, -0.2) is 0 Å². The molecule has 0 spiro atoms. The highest BCUT2D eigenvalue weighted by Gasteiger charge is 2.33. The lowest BCUT2D eigenvalue weighted by atomic mass is 10.1. The van der Waals surface area contributed by atoms with Crippen molar-refractivity contribution in [3.63, 3.8) is 0 Å². The van der Waals surface area contributed by atoms with Crippen LogP contribution in [-0.4, -0.2) is 29.8 Å². The van der Waals surface area contributed by atoms with E-state index < -0.39 is 0 Å². The normalized spacial score (nSPS) is 18.1. The van der Waals surface area contributed by atoms with Crippen molar-refractivity contribution in [3.05, 3.63) is 29.8 Å². The fourth-order valence-electron chi connectivity index (χ4n) is 2.58. The summed E-state index contributed by atoms with van der Waals surface area (Å²) in [6.45, 7) is 5.52. The van der Waals surface area contributed by atoms with Gasteiger partial charge in [-0.05, 0) is 30.5 Å². The van der Waals surface area contributed by atoms with Gasteiger partial charge in [0.25, 0.3) is 0 Å². The van der Waals surface area contributed by atoms with Crippen molar-refractivity contribution < 1.29 is 9.59 Å². The maximum atomic E-state index is 12.2. The van der Waals surface area contributed by atoms with E-state index in [9.17, 15) is 9.59 Å². The highest BCUT2D eigenvalue weighted by molar-refractivity contribution is 5.97. The van der Waals surface area contributed by atoms with Gasteiger partial charge in [0.1, 0.15) is 0 Å². The topological polar surface area (TPSA) is 49.4 Å². The van der Waals surface area contributed by atoms with Crippen molar-refractivity contribution >= 4 is 17.5 Å². The van der Waals surface area contributed by atoms with Crippen LogP contribution in [0.2, 0.25) is 0 Å². The molecule has 1 aliphatic heterocycles. The molecule has 1 atom stereocenters. The van der Waals surface area contributed by atoms with Gasteiger partial charge in [-0.15, -0.1) is 0 Å². The highest BCUT2D eigenvalue weighted by atomic mass is 16.2. The van der Waals surface area contributed by atoms with Crippen LogP contribution in [0.3, 0.4) is 0 Å². The Morgan fingerprint density at radius 2 is 2.00 bits per heavy atom. The summed E-state index contributed by atoms with van der Waals surface area (Å²) >= 11 is 0. The number of benzene rings is 1. The molecular formula is C17H24N2O2. The highest BCUT2D eigenvalue weighted by Crippen LogP contribution is 2.20. The van der Waals surface area contributed by atoms with Crippen LogP contribution in [0.15, 0.2) is 24.3 Å². The summed E-state index contributed by atoms with van der Waals surface area (Å²) in [5.41, 5.74) is 2.05. The summed E-state index contributed by atoms with van der Waals surface area (Å²) in [6, 6.07) is 7.87.